The lowest BCUT2D eigenvalue weighted by Gasteiger charge is -2.07. The molecule has 0 atom stereocenters. The summed E-state index contributed by atoms with van der Waals surface area (Å²) in [7, 11) is 0. The van der Waals surface area contributed by atoms with Crippen LogP contribution < -0.4 is 5.43 Å². The van der Waals surface area contributed by atoms with Gasteiger partial charge >= 0.3 is 0 Å². The lowest BCUT2D eigenvalue weighted by Crippen LogP contribution is -2.19. The van der Waals surface area contributed by atoms with Crippen molar-refractivity contribution in [2.75, 3.05) is 0 Å². The predicted molar refractivity (Wildman–Crippen MR) is 99.3 cm³/mol. The van der Waals surface area contributed by atoms with E-state index in [1.807, 2.05) is 18.2 Å². The Morgan fingerprint density at radius 3 is 2.71 bits per heavy atom. The summed E-state index contributed by atoms with van der Waals surface area (Å²) in [4.78, 5) is 10.0. The summed E-state index contributed by atoms with van der Waals surface area (Å²) in [6, 6.07) is 14.4. The van der Waals surface area contributed by atoms with E-state index in [4.69, 9.17) is 4.99 Å². The summed E-state index contributed by atoms with van der Waals surface area (Å²) in [5.74, 6) is 0.731. The summed E-state index contributed by atoms with van der Waals surface area (Å²) in [5, 5.41) is 6.73. The van der Waals surface area contributed by atoms with Gasteiger partial charge in [-0.1, -0.05) is 19.1 Å². The zero-order valence-electron chi connectivity index (χ0n) is 13.2. The molecule has 0 unspecified atom stereocenters. The molecule has 118 valence electrons. The number of rotatable bonds is 3. The van der Waals surface area contributed by atoms with Gasteiger partial charge in [-0.05, 0) is 47.7 Å². The fourth-order valence-electron chi connectivity index (χ4n) is 2.64. The molecule has 0 radical (unpaired) electrons. The maximum atomic E-state index is 4.81. The van der Waals surface area contributed by atoms with Gasteiger partial charge in [0.15, 0.2) is 5.84 Å². The molecule has 24 heavy (non-hydrogen) atoms. The first-order valence-electron chi connectivity index (χ1n) is 7.85. The molecule has 0 spiro atoms. The van der Waals surface area contributed by atoms with Gasteiger partial charge in [-0.3, -0.25) is 10.4 Å². The van der Waals surface area contributed by atoms with Crippen LogP contribution in [0, 0.1) is 0 Å². The van der Waals surface area contributed by atoms with Crippen LogP contribution in [-0.2, 0) is 6.42 Å². The van der Waals surface area contributed by atoms with Crippen molar-refractivity contribution in [1.29, 1.82) is 0 Å². The Hall–Kier alpha value is -2.79. The molecule has 2 aromatic heterocycles. The highest BCUT2D eigenvalue weighted by Crippen LogP contribution is 2.28. The first-order chi connectivity index (χ1) is 11.8. The molecule has 4 rings (SSSR count). The SMILES string of the molecule is CCc1ccc2c(c1)C(c1cccs1)=NNC(c1ccncc1)=N2. The second-order valence-corrected chi connectivity index (χ2v) is 6.40. The largest absolute Gasteiger partial charge is 0.265 e. The van der Waals surface area contributed by atoms with E-state index in [9.17, 15) is 0 Å². The number of fused-ring (bicyclic) bond motifs is 1. The van der Waals surface area contributed by atoms with Crippen LogP contribution in [-0.4, -0.2) is 16.5 Å². The highest BCUT2D eigenvalue weighted by Gasteiger charge is 2.18. The van der Waals surface area contributed by atoms with Crippen molar-refractivity contribution < 1.29 is 0 Å². The fourth-order valence-corrected chi connectivity index (χ4v) is 3.37. The molecule has 0 saturated heterocycles. The number of hydrogen-bond donors (Lipinski definition) is 1. The second kappa shape index (κ2) is 6.37. The molecule has 0 aliphatic carbocycles. The maximum Gasteiger partial charge on any atom is 0.154 e. The molecular formula is C19H16N4S. The lowest BCUT2D eigenvalue weighted by atomic mass is 10.0. The van der Waals surface area contributed by atoms with Gasteiger partial charge in [-0.25, -0.2) is 4.99 Å². The van der Waals surface area contributed by atoms with Crippen molar-refractivity contribution in [3.8, 4) is 0 Å². The monoisotopic (exact) mass is 332 g/mol. The second-order valence-electron chi connectivity index (χ2n) is 5.45. The molecule has 0 fully saturated rings. The molecule has 5 heteroatoms. The summed E-state index contributed by atoms with van der Waals surface area (Å²) < 4.78 is 0. The van der Waals surface area contributed by atoms with Gasteiger partial charge in [0.05, 0.1) is 10.6 Å². The summed E-state index contributed by atoms with van der Waals surface area (Å²) in [6.07, 6.45) is 4.50. The maximum absolute atomic E-state index is 4.81. The van der Waals surface area contributed by atoms with Gasteiger partial charge < -0.3 is 0 Å². The van der Waals surface area contributed by atoms with E-state index in [0.717, 1.165) is 39.7 Å². The van der Waals surface area contributed by atoms with Gasteiger partial charge in [0.25, 0.3) is 0 Å². The number of nitrogens with zero attached hydrogens (tertiary/aromatic N) is 3. The molecule has 1 aliphatic heterocycles. The van der Waals surface area contributed by atoms with Crippen molar-refractivity contribution in [2.45, 2.75) is 13.3 Å². The molecule has 1 aliphatic rings. The summed E-state index contributed by atoms with van der Waals surface area (Å²) in [5.41, 5.74) is 8.30. The van der Waals surface area contributed by atoms with Crippen LogP contribution in [0.4, 0.5) is 5.69 Å². The Bertz CT molecular complexity index is 912. The molecular weight excluding hydrogens is 316 g/mol. The predicted octanol–water partition coefficient (Wildman–Crippen LogP) is 4.14. The zero-order valence-corrected chi connectivity index (χ0v) is 14.0. The molecule has 3 heterocycles. The lowest BCUT2D eigenvalue weighted by molar-refractivity contribution is 1.03. The molecule has 1 N–H and O–H groups in total. The average molecular weight is 332 g/mol. The number of hydrogen-bond acceptors (Lipinski definition) is 5. The Labute approximate surface area is 144 Å². The number of benzene rings is 1. The number of aromatic nitrogens is 1. The van der Waals surface area contributed by atoms with Crippen molar-refractivity contribution in [2.24, 2.45) is 10.1 Å². The molecule has 0 amide bonds. The third kappa shape index (κ3) is 2.74. The van der Waals surface area contributed by atoms with Crippen molar-refractivity contribution in [1.82, 2.24) is 10.4 Å². The normalized spacial score (nSPS) is 13.4. The number of aryl methyl sites for hydroxylation is 1. The van der Waals surface area contributed by atoms with Crippen LogP contribution in [0.25, 0.3) is 0 Å². The molecule has 4 nitrogen and oxygen atoms in total. The highest BCUT2D eigenvalue weighted by atomic mass is 32.1. The first-order valence-corrected chi connectivity index (χ1v) is 8.73. The van der Waals surface area contributed by atoms with Gasteiger partial charge in [-0.2, -0.15) is 5.10 Å². The van der Waals surface area contributed by atoms with Crippen LogP contribution in [0.5, 0.6) is 0 Å². The number of aliphatic imine (C=N–C) groups is 1. The first kappa shape index (κ1) is 14.8. The molecule has 1 aromatic carbocycles. The Balaban J connectivity index is 1.89. The van der Waals surface area contributed by atoms with Gasteiger partial charge in [-0.15, -0.1) is 11.3 Å². The van der Waals surface area contributed by atoms with E-state index >= 15 is 0 Å². The summed E-state index contributed by atoms with van der Waals surface area (Å²) in [6.45, 7) is 2.16. The number of thiophene rings is 1. The van der Waals surface area contributed by atoms with Crippen molar-refractivity contribution in [3.05, 3.63) is 81.8 Å². The van der Waals surface area contributed by atoms with Crippen molar-refractivity contribution >= 4 is 28.6 Å². The van der Waals surface area contributed by atoms with Gasteiger partial charge in [0.2, 0.25) is 0 Å². The van der Waals surface area contributed by atoms with Crippen LogP contribution in [0.1, 0.15) is 28.5 Å². The van der Waals surface area contributed by atoms with Crippen LogP contribution in [0.2, 0.25) is 0 Å². The van der Waals surface area contributed by atoms with Crippen LogP contribution >= 0.6 is 11.3 Å². The number of hydrazone groups is 1. The minimum absolute atomic E-state index is 0.731. The minimum atomic E-state index is 0.731. The highest BCUT2D eigenvalue weighted by molar-refractivity contribution is 7.12. The van der Waals surface area contributed by atoms with E-state index in [2.05, 4.69) is 52.1 Å². The third-order valence-electron chi connectivity index (χ3n) is 3.94. The van der Waals surface area contributed by atoms with E-state index in [-0.39, 0.29) is 0 Å². The van der Waals surface area contributed by atoms with E-state index in [1.165, 1.54) is 5.56 Å². The third-order valence-corrected chi connectivity index (χ3v) is 4.82. The topological polar surface area (TPSA) is 49.6 Å². The molecule has 0 bridgehead atoms. The summed E-state index contributed by atoms with van der Waals surface area (Å²) >= 11 is 1.68. The standard InChI is InChI=1S/C19H16N4S/c1-2-13-5-6-16-15(12-13)18(17-4-3-11-24-17)22-23-19(21-16)14-7-9-20-10-8-14/h3-12H,2H2,1H3,(H,21,23). The Kier molecular flexibility index (Phi) is 3.92. The number of pyridine rings is 1. The number of nitrogens with one attached hydrogen (secondary N) is 1. The quantitative estimate of drug-likeness (QED) is 0.783. The fraction of sp³-hybridized carbons (Fsp3) is 0.105. The Morgan fingerprint density at radius 1 is 1.08 bits per heavy atom. The van der Waals surface area contributed by atoms with E-state index in [1.54, 1.807) is 23.7 Å². The molecule has 3 aromatic rings. The van der Waals surface area contributed by atoms with Gasteiger partial charge in [0, 0.05) is 23.5 Å². The zero-order chi connectivity index (χ0) is 16.4. The average Bonchev–Trinajstić information content (AvgIpc) is 3.10. The minimum Gasteiger partial charge on any atom is -0.265 e. The van der Waals surface area contributed by atoms with E-state index in [0.29, 0.717) is 0 Å². The number of amidine groups is 1. The smallest absolute Gasteiger partial charge is 0.154 e. The van der Waals surface area contributed by atoms with Crippen LogP contribution in [0.15, 0.2) is 70.3 Å². The van der Waals surface area contributed by atoms with Gasteiger partial charge in [0.1, 0.15) is 5.71 Å². The Morgan fingerprint density at radius 2 is 1.96 bits per heavy atom. The van der Waals surface area contributed by atoms with Crippen molar-refractivity contribution in [3.63, 3.8) is 0 Å². The van der Waals surface area contributed by atoms with E-state index < -0.39 is 0 Å². The van der Waals surface area contributed by atoms with Crippen LogP contribution in [0.3, 0.4) is 0 Å². The molecule has 0 saturated carbocycles.